The molecule has 0 unspecified atom stereocenters. The van der Waals surface area contributed by atoms with Crippen LogP contribution in [-0.4, -0.2) is 24.4 Å². The molecule has 1 aromatic rings. The lowest BCUT2D eigenvalue weighted by Gasteiger charge is -2.17. The van der Waals surface area contributed by atoms with Crippen LogP contribution < -0.4 is 15.2 Å². The van der Waals surface area contributed by atoms with Crippen LogP contribution in [0, 0.1) is 0 Å². The Labute approximate surface area is 102 Å². The lowest BCUT2D eigenvalue weighted by atomic mass is 10.1. The van der Waals surface area contributed by atoms with E-state index in [-0.39, 0.29) is 0 Å². The first-order chi connectivity index (χ1) is 7.94. The van der Waals surface area contributed by atoms with Gasteiger partial charge in [0.25, 0.3) is 0 Å². The zero-order chi connectivity index (χ0) is 12.9. The summed E-state index contributed by atoms with van der Waals surface area (Å²) in [4.78, 5) is 0. The second-order valence-electron chi connectivity index (χ2n) is 4.63. The maximum atomic E-state index is 9.57. The number of rotatable bonds is 6. The van der Waals surface area contributed by atoms with Crippen LogP contribution in [0.25, 0.3) is 0 Å². The Morgan fingerprint density at radius 1 is 1.24 bits per heavy atom. The molecule has 0 atom stereocenters. The molecule has 17 heavy (non-hydrogen) atoms. The molecule has 0 saturated heterocycles. The van der Waals surface area contributed by atoms with E-state index < -0.39 is 5.60 Å². The molecule has 4 heteroatoms. The van der Waals surface area contributed by atoms with Gasteiger partial charge in [-0.05, 0) is 31.5 Å². The number of nitrogens with two attached hydrogens (primary N) is 1. The third kappa shape index (κ3) is 5.06. The minimum absolute atomic E-state index is 0.444. The first-order valence-electron chi connectivity index (χ1n) is 5.68. The van der Waals surface area contributed by atoms with Crippen molar-refractivity contribution >= 4 is 0 Å². The maximum Gasteiger partial charge on any atom is 0.123 e. The first kappa shape index (κ1) is 13.8. The predicted molar refractivity (Wildman–Crippen MR) is 67.3 cm³/mol. The molecule has 0 aliphatic heterocycles. The van der Waals surface area contributed by atoms with E-state index in [0.717, 1.165) is 11.3 Å². The Balaban J connectivity index is 2.64. The van der Waals surface area contributed by atoms with Gasteiger partial charge in [-0.2, -0.15) is 0 Å². The van der Waals surface area contributed by atoms with E-state index in [0.29, 0.717) is 25.3 Å². The van der Waals surface area contributed by atoms with Gasteiger partial charge in [-0.3, -0.25) is 0 Å². The van der Waals surface area contributed by atoms with Crippen molar-refractivity contribution in [3.63, 3.8) is 0 Å². The summed E-state index contributed by atoms with van der Waals surface area (Å²) in [7, 11) is 1.61. The van der Waals surface area contributed by atoms with Crippen molar-refractivity contribution in [3.05, 3.63) is 23.8 Å². The van der Waals surface area contributed by atoms with Crippen LogP contribution in [-0.2, 0) is 6.54 Å². The Bertz CT molecular complexity index is 336. The second-order valence-corrected chi connectivity index (χ2v) is 4.63. The molecule has 0 heterocycles. The van der Waals surface area contributed by atoms with Crippen LogP contribution in [0.15, 0.2) is 18.2 Å². The number of ether oxygens (including phenoxy) is 2. The summed E-state index contributed by atoms with van der Waals surface area (Å²) in [6.45, 7) is 4.42. The fourth-order valence-electron chi connectivity index (χ4n) is 1.37. The summed E-state index contributed by atoms with van der Waals surface area (Å²) in [6.07, 6.45) is 0.572. The molecule has 1 rings (SSSR count). The maximum absolute atomic E-state index is 9.57. The molecule has 0 aromatic heterocycles. The molecule has 0 radical (unpaired) electrons. The summed E-state index contributed by atoms with van der Waals surface area (Å²) < 4.78 is 10.7. The highest BCUT2D eigenvalue weighted by molar-refractivity contribution is 5.38. The third-order valence-corrected chi connectivity index (χ3v) is 2.39. The van der Waals surface area contributed by atoms with Gasteiger partial charge in [0.2, 0.25) is 0 Å². The Morgan fingerprint density at radius 3 is 2.41 bits per heavy atom. The number of hydrogen-bond acceptors (Lipinski definition) is 4. The van der Waals surface area contributed by atoms with E-state index in [9.17, 15) is 5.11 Å². The van der Waals surface area contributed by atoms with Crippen LogP contribution in [0.3, 0.4) is 0 Å². The monoisotopic (exact) mass is 239 g/mol. The average molecular weight is 239 g/mol. The van der Waals surface area contributed by atoms with Crippen molar-refractivity contribution in [2.45, 2.75) is 32.4 Å². The predicted octanol–water partition coefficient (Wildman–Crippen LogP) is 1.69. The Morgan fingerprint density at radius 2 is 1.88 bits per heavy atom. The second kappa shape index (κ2) is 5.89. The third-order valence-electron chi connectivity index (χ3n) is 2.39. The Hall–Kier alpha value is -1.26. The van der Waals surface area contributed by atoms with Gasteiger partial charge >= 0.3 is 0 Å². The molecule has 1 aromatic carbocycles. The molecular formula is C13H21NO3. The van der Waals surface area contributed by atoms with Crippen molar-refractivity contribution in [2.24, 2.45) is 5.73 Å². The lowest BCUT2D eigenvalue weighted by molar-refractivity contribution is 0.0553. The van der Waals surface area contributed by atoms with Crippen LogP contribution in [0.2, 0.25) is 0 Å². The molecule has 0 aliphatic rings. The van der Waals surface area contributed by atoms with E-state index in [1.807, 2.05) is 18.2 Å². The number of aliphatic hydroxyl groups is 1. The van der Waals surface area contributed by atoms with Crippen LogP contribution in [0.5, 0.6) is 11.5 Å². The molecule has 3 N–H and O–H groups in total. The highest BCUT2D eigenvalue weighted by Gasteiger charge is 2.12. The fourth-order valence-corrected chi connectivity index (χ4v) is 1.37. The smallest absolute Gasteiger partial charge is 0.123 e. The lowest BCUT2D eigenvalue weighted by Crippen LogP contribution is -2.21. The van der Waals surface area contributed by atoms with Gasteiger partial charge in [-0.1, -0.05) is 0 Å². The number of benzene rings is 1. The zero-order valence-corrected chi connectivity index (χ0v) is 10.7. The van der Waals surface area contributed by atoms with Crippen molar-refractivity contribution in [1.82, 2.24) is 0 Å². The van der Waals surface area contributed by atoms with Gasteiger partial charge in [0.1, 0.15) is 11.5 Å². The SMILES string of the molecule is COc1cc(CN)cc(OCCC(C)(C)O)c1. The summed E-state index contributed by atoms with van der Waals surface area (Å²) in [5, 5.41) is 9.57. The minimum Gasteiger partial charge on any atom is -0.497 e. The number of methoxy groups -OCH3 is 1. The van der Waals surface area contributed by atoms with Gasteiger partial charge in [-0.25, -0.2) is 0 Å². The van der Waals surface area contributed by atoms with Gasteiger partial charge in [0.15, 0.2) is 0 Å². The summed E-state index contributed by atoms with van der Waals surface area (Å²) in [6, 6.07) is 5.57. The van der Waals surface area contributed by atoms with E-state index in [2.05, 4.69) is 0 Å². The van der Waals surface area contributed by atoms with E-state index in [1.54, 1.807) is 21.0 Å². The fraction of sp³-hybridized carbons (Fsp3) is 0.538. The van der Waals surface area contributed by atoms with Crippen LogP contribution in [0.4, 0.5) is 0 Å². The first-order valence-corrected chi connectivity index (χ1v) is 5.68. The zero-order valence-electron chi connectivity index (χ0n) is 10.7. The topological polar surface area (TPSA) is 64.7 Å². The summed E-state index contributed by atoms with van der Waals surface area (Å²) in [5.41, 5.74) is 5.84. The highest BCUT2D eigenvalue weighted by atomic mass is 16.5. The van der Waals surface area contributed by atoms with Crippen molar-refractivity contribution in [3.8, 4) is 11.5 Å². The molecule has 0 amide bonds. The minimum atomic E-state index is -0.713. The van der Waals surface area contributed by atoms with Crippen molar-refractivity contribution in [1.29, 1.82) is 0 Å². The molecular weight excluding hydrogens is 218 g/mol. The average Bonchev–Trinajstić information content (AvgIpc) is 2.26. The molecule has 0 bridgehead atoms. The van der Waals surface area contributed by atoms with Crippen molar-refractivity contribution < 1.29 is 14.6 Å². The molecule has 0 aliphatic carbocycles. The summed E-state index contributed by atoms with van der Waals surface area (Å²) in [5.74, 6) is 1.44. The largest absolute Gasteiger partial charge is 0.497 e. The van der Waals surface area contributed by atoms with Gasteiger partial charge in [-0.15, -0.1) is 0 Å². The van der Waals surface area contributed by atoms with E-state index in [1.165, 1.54) is 0 Å². The van der Waals surface area contributed by atoms with Gasteiger partial charge in [0, 0.05) is 19.0 Å². The number of hydrogen-bond donors (Lipinski definition) is 2. The van der Waals surface area contributed by atoms with E-state index in [4.69, 9.17) is 15.2 Å². The van der Waals surface area contributed by atoms with Crippen LogP contribution in [0.1, 0.15) is 25.8 Å². The normalized spacial score (nSPS) is 11.4. The Kier molecular flexibility index (Phi) is 4.78. The summed E-state index contributed by atoms with van der Waals surface area (Å²) >= 11 is 0. The standard InChI is InChI=1S/C13H21NO3/c1-13(2,15)4-5-17-12-7-10(9-14)6-11(8-12)16-3/h6-8,15H,4-5,9,14H2,1-3H3. The van der Waals surface area contributed by atoms with Crippen LogP contribution >= 0.6 is 0 Å². The quantitative estimate of drug-likeness (QED) is 0.793. The van der Waals surface area contributed by atoms with Gasteiger partial charge < -0.3 is 20.3 Å². The van der Waals surface area contributed by atoms with E-state index >= 15 is 0 Å². The molecule has 0 fully saturated rings. The molecule has 4 nitrogen and oxygen atoms in total. The molecule has 0 spiro atoms. The van der Waals surface area contributed by atoms with Gasteiger partial charge in [0.05, 0.1) is 19.3 Å². The molecule has 96 valence electrons. The molecule has 0 saturated carbocycles. The van der Waals surface area contributed by atoms with Crippen molar-refractivity contribution in [2.75, 3.05) is 13.7 Å². The highest BCUT2D eigenvalue weighted by Crippen LogP contribution is 2.23.